The Morgan fingerprint density at radius 2 is 1.63 bits per heavy atom. The molecule has 0 radical (unpaired) electrons. The molecule has 2 rings (SSSR count). The number of carboxylic acid groups (broad SMARTS) is 1. The summed E-state index contributed by atoms with van der Waals surface area (Å²) in [5.41, 5.74) is 4.35. The third kappa shape index (κ3) is 2.50. The zero-order chi connectivity index (χ0) is 14.2. The van der Waals surface area contributed by atoms with Crippen LogP contribution in [0.5, 0.6) is 0 Å². The predicted octanol–water partition coefficient (Wildman–Crippen LogP) is 4.12. The molecular weight excluding hydrogens is 243 g/mol. The van der Waals surface area contributed by atoms with Crippen LogP contribution in [0.1, 0.15) is 27.0 Å². The molecule has 0 aromatic heterocycles. The Kier molecular flexibility index (Phi) is 3.38. The molecule has 0 fully saturated rings. The van der Waals surface area contributed by atoms with Gasteiger partial charge in [0.05, 0.1) is 5.56 Å². The number of aromatic carboxylic acids is 1. The Balaban J connectivity index is 2.78. The van der Waals surface area contributed by atoms with E-state index >= 15 is 0 Å². The van der Waals surface area contributed by atoms with Crippen LogP contribution in [0.4, 0.5) is 4.39 Å². The first-order chi connectivity index (χ1) is 8.90. The highest BCUT2D eigenvalue weighted by Crippen LogP contribution is 2.31. The number of hydrogen-bond donors (Lipinski definition) is 1. The van der Waals surface area contributed by atoms with E-state index in [0.29, 0.717) is 5.56 Å². The Morgan fingerprint density at radius 3 is 2.16 bits per heavy atom. The van der Waals surface area contributed by atoms with Gasteiger partial charge in [-0.05, 0) is 61.2 Å². The molecule has 0 bridgehead atoms. The average Bonchev–Trinajstić information content (AvgIpc) is 2.27. The van der Waals surface area contributed by atoms with E-state index in [9.17, 15) is 14.3 Å². The van der Waals surface area contributed by atoms with E-state index in [0.717, 1.165) is 22.3 Å². The van der Waals surface area contributed by atoms with E-state index < -0.39 is 11.8 Å². The van der Waals surface area contributed by atoms with Crippen LogP contribution in [0, 0.1) is 26.6 Å². The maximum Gasteiger partial charge on any atom is 0.336 e. The third-order valence-electron chi connectivity index (χ3n) is 3.16. The Hall–Kier alpha value is -2.16. The lowest BCUT2D eigenvalue weighted by atomic mass is 9.91. The van der Waals surface area contributed by atoms with Crippen molar-refractivity contribution >= 4 is 5.97 Å². The quantitative estimate of drug-likeness (QED) is 0.879. The smallest absolute Gasteiger partial charge is 0.336 e. The number of carbonyl (C=O) groups is 1. The minimum atomic E-state index is -1.05. The summed E-state index contributed by atoms with van der Waals surface area (Å²) in [4.78, 5) is 11.3. The van der Waals surface area contributed by atoms with Crippen LogP contribution in [-0.2, 0) is 0 Å². The summed E-state index contributed by atoms with van der Waals surface area (Å²) in [5, 5.41) is 9.23. The van der Waals surface area contributed by atoms with Crippen LogP contribution in [0.25, 0.3) is 11.1 Å². The van der Waals surface area contributed by atoms with E-state index in [1.54, 1.807) is 0 Å². The van der Waals surface area contributed by atoms with Crippen LogP contribution in [0.3, 0.4) is 0 Å². The van der Waals surface area contributed by atoms with E-state index in [4.69, 9.17) is 0 Å². The van der Waals surface area contributed by atoms with Gasteiger partial charge < -0.3 is 5.11 Å². The molecular formula is C16H15FO2. The van der Waals surface area contributed by atoms with Crippen molar-refractivity contribution in [2.24, 2.45) is 0 Å². The lowest BCUT2D eigenvalue weighted by Crippen LogP contribution is -2.02. The van der Waals surface area contributed by atoms with Gasteiger partial charge in [0.25, 0.3) is 0 Å². The molecule has 0 heterocycles. The maximum absolute atomic E-state index is 13.4. The van der Waals surface area contributed by atoms with Gasteiger partial charge in [-0.2, -0.15) is 0 Å². The van der Waals surface area contributed by atoms with Crippen molar-refractivity contribution in [3.05, 3.63) is 58.4 Å². The highest BCUT2D eigenvalue weighted by molar-refractivity contribution is 5.97. The highest BCUT2D eigenvalue weighted by atomic mass is 19.1. The van der Waals surface area contributed by atoms with Crippen molar-refractivity contribution in [3.8, 4) is 11.1 Å². The van der Waals surface area contributed by atoms with E-state index in [-0.39, 0.29) is 5.56 Å². The lowest BCUT2D eigenvalue weighted by molar-refractivity contribution is 0.0697. The molecule has 0 aliphatic rings. The second kappa shape index (κ2) is 4.84. The molecule has 0 amide bonds. The first-order valence-electron chi connectivity index (χ1n) is 6.01. The van der Waals surface area contributed by atoms with Crippen molar-refractivity contribution in [1.82, 2.24) is 0 Å². The lowest BCUT2D eigenvalue weighted by Gasteiger charge is -2.14. The van der Waals surface area contributed by atoms with Gasteiger partial charge in [0.15, 0.2) is 0 Å². The van der Waals surface area contributed by atoms with Crippen LogP contribution in [-0.4, -0.2) is 11.1 Å². The number of aryl methyl sites for hydroxylation is 3. The van der Waals surface area contributed by atoms with Gasteiger partial charge in [0, 0.05) is 0 Å². The van der Waals surface area contributed by atoms with Gasteiger partial charge in [-0.1, -0.05) is 17.7 Å². The SMILES string of the molecule is Cc1cc(C)c(-c2cc(F)ccc2C(=O)O)c(C)c1. The topological polar surface area (TPSA) is 37.3 Å². The number of benzene rings is 2. The van der Waals surface area contributed by atoms with Crippen LogP contribution in [0.15, 0.2) is 30.3 Å². The molecule has 0 atom stereocenters. The number of hydrogen-bond acceptors (Lipinski definition) is 1. The van der Waals surface area contributed by atoms with E-state index in [2.05, 4.69) is 0 Å². The summed E-state index contributed by atoms with van der Waals surface area (Å²) in [6, 6.07) is 7.71. The zero-order valence-corrected chi connectivity index (χ0v) is 11.1. The molecule has 3 heteroatoms. The molecule has 98 valence electrons. The Labute approximate surface area is 111 Å². The minimum absolute atomic E-state index is 0.122. The van der Waals surface area contributed by atoms with Crippen LogP contribution in [0.2, 0.25) is 0 Å². The zero-order valence-electron chi connectivity index (χ0n) is 11.1. The second-order valence-electron chi connectivity index (χ2n) is 4.77. The summed E-state index contributed by atoms with van der Waals surface area (Å²) in [6.07, 6.45) is 0. The fraction of sp³-hybridized carbons (Fsp3) is 0.188. The molecule has 0 saturated carbocycles. The van der Waals surface area contributed by atoms with Gasteiger partial charge in [-0.3, -0.25) is 0 Å². The van der Waals surface area contributed by atoms with Gasteiger partial charge in [0.2, 0.25) is 0 Å². The summed E-state index contributed by atoms with van der Waals surface area (Å²) in [6.45, 7) is 5.80. The average molecular weight is 258 g/mol. The van der Waals surface area contributed by atoms with Crippen molar-refractivity contribution in [1.29, 1.82) is 0 Å². The standard InChI is InChI=1S/C16H15FO2/c1-9-6-10(2)15(11(3)7-9)14-8-12(17)4-5-13(14)16(18)19/h4-8H,1-3H3,(H,18,19). The Morgan fingerprint density at radius 1 is 1.05 bits per heavy atom. The number of rotatable bonds is 2. The molecule has 2 aromatic rings. The molecule has 2 nitrogen and oxygen atoms in total. The largest absolute Gasteiger partial charge is 0.478 e. The van der Waals surface area contributed by atoms with E-state index in [1.165, 1.54) is 18.2 Å². The third-order valence-corrected chi connectivity index (χ3v) is 3.16. The van der Waals surface area contributed by atoms with Gasteiger partial charge >= 0.3 is 5.97 Å². The minimum Gasteiger partial charge on any atom is -0.478 e. The fourth-order valence-electron chi connectivity index (χ4n) is 2.51. The van der Waals surface area contributed by atoms with E-state index in [1.807, 2.05) is 32.9 Å². The summed E-state index contributed by atoms with van der Waals surface area (Å²) >= 11 is 0. The van der Waals surface area contributed by atoms with Crippen LogP contribution < -0.4 is 0 Å². The number of carboxylic acids is 1. The molecule has 0 spiro atoms. The molecule has 0 aliphatic carbocycles. The molecule has 1 N–H and O–H groups in total. The number of halogens is 1. The second-order valence-corrected chi connectivity index (χ2v) is 4.77. The molecule has 0 saturated heterocycles. The van der Waals surface area contributed by atoms with Crippen molar-refractivity contribution in [3.63, 3.8) is 0 Å². The van der Waals surface area contributed by atoms with Crippen LogP contribution >= 0.6 is 0 Å². The summed E-state index contributed by atoms with van der Waals surface area (Å²) < 4.78 is 13.4. The Bertz CT molecular complexity index is 637. The molecule has 2 aromatic carbocycles. The molecule has 0 aliphatic heterocycles. The molecule has 19 heavy (non-hydrogen) atoms. The van der Waals surface area contributed by atoms with Gasteiger partial charge in [0.1, 0.15) is 5.82 Å². The first-order valence-corrected chi connectivity index (χ1v) is 6.01. The van der Waals surface area contributed by atoms with Gasteiger partial charge in [-0.25, -0.2) is 9.18 Å². The molecule has 0 unspecified atom stereocenters. The van der Waals surface area contributed by atoms with Crippen molar-refractivity contribution in [2.75, 3.05) is 0 Å². The van der Waals surface area contributed by atoms with Gasteiger partial charge in [-0.15, -0.1) is 0 Å². The first kappa shape index (κ1) is 13.3. The monoisotopic (exact) mass is 258 g/mol. The maximum atomic E-state index is 13.4. The fourth-order valence-corrected chi connectivity index (χ4v) is 2.51. The van der Waals surface area contributed by atoms with Crippen molar-refractivity contribution < 1.29 is 14.3 Å². The summed E-state index contributed by atoms with van der Waals surface area (Å²) in [7, 11) is 0. The summed E-state index contributed by atoms with van der Waals surface area (Å²) in [5.74, 6) is -1.48. The predicted molar refractivity (Wildman–Crippen MR) is 73.0 cm³/mol. The normalized spacial score (nSPS) is 10.5. The highest BCUT2D eigenvalue weighted by Gasteiger charge is 2.16. The van der Waals surface area contributed by atoms with Crippen molar-refractivity contribution in [2.45, 2.75) is 20.8 Å².